The van der Waals surface area contributed by atoms with Crippen molar-refractivity contribution in [3.8, 4) is 0 Å². The molecule has 0 N–H and O–H groups in total. The van der Waals surface area contributed by atoms with Gasteiger partial charge >= 0.3 is 6.18 Å². The third-order valence-electron chi connectivity index (χ3n) is 4.69. The first-order chi connectivity index (χ1) is 10.7. The molecule has 2 aliphatic heterocycles. The van der Waals surface area contributed by atoms with Gasteiger partial charge in [0.2, 0.25) is 10.0 Å². The van der Waals surface area contributed by atoms with Crippen LogP contribution in [0.3, 0.4) is 0 Å². The molecular formula is C15H18F3NO3S. The monoisotopic (exact) mass is 349 g/mol. The maximum atomic E-state index is 12.8. The standard InChI is InChI=1S/C15H18F3NO3S/c1-22-13-8-11-5-6-12(9-13)19(11)23(20,21)14-4-2-3-10(7-14)15(16,17)18/h2-4,7,11-13H,5-6,8-9H2,1H3. The van der Waals surface area contributed by atoms with Crippen molar-refractivity contribution in [2.24, 2.45) is 0 Å². The highest BCUT2D eigenvalue weighted by molar-refractivity contribution is 7.89. The van der Waals surface area contributed by atoms with Crippen LogP contribution in [0.15, 0.2) is 29.2 Å². The number of piperidine rings is 1. The van der Waals surface area contributed by atoms with Gasteiger partial charge in [0, 0.05) is 19.2 Å². The number of hydrogen-bond acceptors (Lipinski definition) is 3. The number of halogens is 3. The van der Waals surface area contributed by atoms with Gasteiger partial charge in [-0.1, -0.05) is 6.07 Å². The average molecular weight is 349 g/mol. The SMILES string of the molecule is COC1CC2CCC(C1)N2S(=O)(=O)c1cccc(C(F)(F)F)c1. The molecule has 128 valence electrons. The zero-order chi connectivity index (χ0) is 16.8. The fourth-order valence-corrected chi connectivity index (χ4v) is 5.56. The van der Waals surface area contributed by atoms with Crippen LogP contribution < -0.4 is 0 Å². The van der Waals surface area contributed by atoms with Crippen LogP contribution in [-0.2, 0) is 20.9 Å². The predicted octanol–water partition coefficient (Wildman–Crippen LogP) is 3.04. The molecule has 1 aromatic carbocycles. The van der Waals surface area contributed by atoms with Crippen LogP contribution in [0.5, 0.6) is 0 Å². The second-order valence-corrected chi connectivity index (χ2v) is 7.92. The maximum Gasteiger partial charge on any atom is 0.416 e. The van der Waals surface area contributed by atoms with Crippen LogP contribution in [0, 0.1) is 0 Å². The highest BCUT2D eigenvalue weighted by Gasteiger charge is 2.47. The number of fused-ring (bicyclic) bond motifs is 2. The van der Waals surface area contributed by atoms with Crippen molar-refractivity contribution in [2.75, 3.05) is 7.11 Å². The Morgan fingerprint density at radius 1 is 1.17 bits per heavy atom. The molecule has 0 amide bonds. The van der Waals surface area contributed by atoms with E-state index < -0.39 is 21.8 Å². The van der Waals surface area contributed by atoms with Crippen molar-refractivity contribution in [1.82, 2.24) is 4.31 Å². The smallest absolute Gasteiger partial charge is 0.381 e. The molecule has 2 fully saturated rings. The summed E-state index contributed by atoms with van der Waals surface area (Å²) >= 11 is 0. The van der Waals surface area contributed by atoms with E-state index in [4.69, 9.17) is 4.74 Å². The minimum absolute atomic E-state index is 0.0143. The van der Waals surface area contributed by atoms with Gasteiger partial charge in [0.05, 0.1) is 16.6 Å². The molecule has 3 rings (SSSR count). The number of methoxy groups -OCH3 is 1. The van der Waals surface area contributed by atoms with Gasteiger partial charge in [-0.25, -0.2) is 8.42 Å². The number of benzene rings is 1. The second kappa shape index (κ2) is 5.75. The molecule has 23 heavy (non-hydrogen) atoms. The lowest BCUT2D eigenvalue weighted by Gasteiger charge is -2.37. The Hall–Kier alpha value is -1.12. The van der Waals surface area contributed by atoms with E-state index in [1.807, 2.05) is 0 Å². The van der Waals surface area contributed by atoms with Crippen LogP contribution in [0.1, 0.15) is 31.2 Å². The van der Waals surface area contributed by atoms with Gasteiger partial charge in [-0.15, -0.1) is 0 Å². The summed E-state index contributed by atoms with van der Waals surface area (Å²) in [6, 6.07) is 3.57. The quantitative estimate of drug-likeness (QED) is 0.843. The fourth-order valence-electron chi connectivity index (χ4n) is 3.62. The molecule has 2 heterocycles. The highest BCUT2D eigenvalue weighted by atomic mass is 32.2. The van der Waals surface area contributed by atoms with Gasteiger partial charge < -0.3 is 4.74 Å². The largest absolute Gasteiger partial charge is 0.416 e. The first kappa shape index (κ1) is 16.7. The zero-order valence-corrected chi connectivity index (χ0v) is 13.4. The second-order valence-electron chi connectivity index (χ2n) is 6.07. The molecule has 0 aromatic heterocycles. The van der Waals surface area contributed by atoms with Crippen LogP contribution in [0.4, 0.5) is 13.2 Å². The zero-order valence-electron chi connectivity index (χ0n) is 12.6. The van der Waals surface area contributed by atoms with Crippen molar-refractivity contribution in [1.29, 1.82) is 0 Å². The van der Waals surface area contributed by atoms with Crippen LogP contribution in [0.2, 0.25) is 0 Å². The summed E-state index contributed by atoms with van der Waals surface area (Å²) in [6.07, 6.45) is -1.92. The third-order valence-corrected chi connectivity index (χ3v) is 6.69. The van der Waals surface area contributed by atoms with Crippen LogP contribution >= 0.6 is 0 Å². The molecule has 2 aliphatic rings. The van der Waals surface area contributed by atoms with E-state index in [9.17, 15) is 21.6 Å². The molecule has 2 unspecified atom stereocenters. The molecule has 0 saturated carbocycles. The number of rotatable bonds is 3. The Balaban J connectivity index is 1.94. The van der Waals surface area contributed by atoms with Crippen molar-refractivity contribution in [2.45, 2.75) is 54.9 Å². The number of alkyl halides is 3. The number of nitrogens with zero attached hydrogens (tertiary/aromatic N) is 1. The lowest BCUT2D eigenvalue weighted by atomic mass is 10.0. The Kier molecular flexibility index (Phi) is 4.18. The molecule has 0 radical (unpaired) electrons. The van der Waals surface area contributed by atoms with E-state index in [1.54, 1.807) is 7.11 Å². The molecule has 2 bridgehead atoms. The van der Waals surface area contributed by atoms with E-state index in [1.165, 1.54) is 10.4 Å². The van der Waals surface area contributed by atoms with Gasteiger partial charge in [-0.2, -0.15) is 17.5 Å². The minimum atomic E-state index is -4.56. The molecule has 8 heteroatoms. The third kappa shape index (κ3) is 2.99. The summed E-state index contributed by atoms with van der Waals surface area (Å²) in [6.45, 7) is 0. The van der Waals surface area contributed by atoms with Crippen molar-refractivity contribution in [3.63, 3.8) is 0 Å². The maximum absolute atomic E-state index is 12.8. The van der Waals surface area contributed by atoms with Crippen molar-refractivity contribution >= 4 is 10.0 Å². The van der Waals surface area contributed by atoms with E-state index in [2.05, 4.69) is 0 Å². The summed E-state index contributed by atoms with van der Waals surface area (Å²) in [5, 5.41) is 0. The summed E-state index contributed by atoms with van der Waals surface area (Å²) in [4.78, 5) is -0.292. The molecule has 4 nitrogen and oxygen atoms in total. The highest BCUT2D eigenvalue weighted by Crippen LogP contribution is 2.41. The van der Waals surface area contributed by atoms with Crippen molar-refractivity contribution in [3.05, 3.63) is 29.8 Å². The molecule has 2 atom stereocenters. The summed E-state index contributed by atoms with van der Waals surface area (Å²) in [5.41, 5.74) is -0.947. The molecule has 0 aliphatic carbocycles. The molecular weight excluding hydrogens is 331 g/mol. The van der Waals surface area contributed by atoms with Gasteiger partial charge in [0.15, 0.2) is 0 Å². The normalized spacial score (nSPS) is 29.0. The Labute approximate surface area is 133 Å². The van der Waals surface area contributed by atoms with Crippen LogP contribution in [-0.4, -0.2) is 38.0 Å². The Morgan fingerprint density at radius 2 is 1.78 bits per heavy atom. The molecule has 1 aromatic rings. The van der Waals surface area contributed by atoms with Gasteiger partial charge in [-0.3, -0.25) is 0 Å². The molecule has 2 saturated heterocycles. The van der Waals surface area contributed by atoms with E-state index in [0.717, 1.165) is 31.0 Å². The number of ether oxygens (including phenoxy) is 1. The van der Waals surface area contributed by atoms with E-state index >= 15 is 0 Å². The lowest BCUT2D eigenvalue weighted by molar-refractivity contribution is -0.137. The molecule has 0 spiro atoms. The summed E-state index contributed by atoms with van der Waals surface area (Å²) in [7, 11) is -2.34. The Bertz CT molecular complexity index is 675. The minimum Gasteiger partial charge on any atom is -0.381 e. The number of hydrogen-bond donors (Lipinski definition) is 0. The summed E-state index contributed by atoms with van der Waals surface area (Å²) < 4.78 is 70.9. The fraction of sp³-hybridized carbons (Fsp3) is 0.600. The van der Waals surface area contributed by atoms with Gasteiger partial charge in [-0.05, 0) is 43.9 Å². The van der Waals surface area contributed by atoms with E-state index in [-0.39, 0.29) is 23.1 Å². The van der Waals surface area contributed by atoms with E-state index in [0.29, 0.717) is 12.8 Å². The van der Waals surface area contributed by atoms with Gasteiger partial charge in [0.25, 0.3) is 0 Å². The van der Waals surface area contributed by atoms with Gasteiger partial charge in [0.1, 0.15) is 0 Å². The average Bonchev–Trinajstić information content (AvgIpc) is 2.78. The topological polar surface area (TPSA) is 46.6 Å². The predicted molar refractivity (Wildman–Crippen MR) is 77.3 cm³/mol. The lowest BCUT2D eigenvalue weighted by Crippen LogP contribution is -2.48. The first-order valence-electron chi connectivity index (χ1n) is 7.47. The number of sulfonamides is 1. The van der Waals surface area contributed by atoms with Crippen molar-refractivity contribution < 1.29 is 26.3 Å². The Morgan fingerprint density at radius 3 is 2.30 bits per heavy atom. The first-order valence-corrected chi connectivity index (χ1v) is 8.91. The summed E-state index contributed by atoms with van der Waals surface area (Å²) in [5.74, 6) is 0. The van der Waals surface area contributed by atoms with Crippen LogP contribution in [0.25, 0.3) is 0 Å².